The second-order valence-corrected chi connectivity index (χ2v) is 6.22. The lowest BCUT2D eigenvalue weighted by molar-refractivity contribution is -0.126. The van der Waals surface area contributed by atoms with Gasteiger partial charge in [-0.15, -0.1) is 0 Å². The molecule has 0 radical (unpaired) electrons. The molecule has 126 valence electrons. The lowest BCUT2D eigenvalue weighted by Crippen LogP contribution is -2.29. The van der Waals surface area contributed by atoms with Crippen LogP contribution in [0.4, 0.5) is 5.69 Å². The van der Waals surface area contributed by atoms with Crippen LogP contribution < -0.4 is 10.6 Å². The Balaban J connectivity index is 1.77. The molecule has 0 atom stereocenters. The second kappa shape index (κ2) is 8.71. The Morgan fingerprint density at radius 3 is 2.50 bits per heavy atom. The SMILES string of the molecule is Cc1ccccc1NC(=O)CC(=O)NCCc1ccc(Cl)cc1Cl. The largest absolute Gasteiger partial charge is 0.355 e. The molecule has 0 aliphatic heterocycles. The predicted molar refractivity (Wildman–Crippen MR) is 97.6 cm³/mol. The van der Waals surface area contributed by atoms with Gasteiger partial charge in [-0.25, -0.2) is 0 Å². The van der Waals surface area contributed by atoms with Crippen LogP contribution in [-0.2, 0) is 16.0 Å². The summed E-state index contributed by atoms with van der Waals surface area (Å²) >= 11 is 11.9. The standard InChI is InChI=1S/C18H18Cl2N2O2/c1-12-4-2-3-5-16(12)22-18(24)11-17(23)21-9-8-13-6-7-14(19)10-15(13)20/h2-7,10H,8-9,11H2,1H3,(H,21,23)(H,22,24). The normalized spacial score (nSPS) is 10.3. The van der Waals surface area contributed by atoms with E-state index in [0.29, 0.717) is 28.7 Å². The van der Waals surface area contributed by atoms with Crippen molar-refractivity contribution >= 4 is 40.7 Å². The molecule has 2 aromatic carbocycles. The molecule has 0 unspecified atom stereocenters. The van der Waals surface area contributed by atoms with Gasteiger partial charge >= 0.3 is 0 Å². The Morgan fingerprint density at radius 2 is 1.79 bits per heavy atom. The first-order valence-corrected chi connectivity index (χ1v) is 8.27. The van der Waals surface area contributed by atoms with Crippen molar-refractivity contribution in [3.05, 3.63) is 63.6 Å². The molecule has 0 saturated heterocycles. The summed E-state index contributed by atoms with van der Waals surface area (Å²) in [6, 6.07) is 12.6. The Kier molecular flexibility index (Phi) is 6.64. The molecular formula is C18H18Cl2N2O2. The number of anilines is 1. The molecular weight excluding hydrogens is 347 g/mol. The first kappa shape index (κ1) is 18.3. The summed E-state index contributed by atoms with van der Waals surface area (Å²) in [6.07, 6.45) is 0.351. The van der Waals surface area contributed by atoms with Crippen molar-refractivity contribution < 1.29 is 9.59 Å². The van der Waals surface area contributed by atoms with Gasteiger partial charge in [0.05, 0.1) is 0 Å². The van der Waals surface area contributed by atoms with Crippen LogP contribution in [0.15, 0.2) is 42.5 Å². The van der Waals surface area contributed by atoms with E-state index >= 15 is 0 Å². The minimum absolute atomic E-state index is 0.220. The molecule has 0 saturated carbocycles. The molecule has 0 spiro atoms. The first-order valence-electron chi connectivity index (χ1n) is 7.52. The minimum atomic E-state index is -0.341. The molecule has 24 heavy (non-hydrogen) atoms. The molecule has 0 fully saturated rings. The molecule has 2 amide bonds. The zero-order valence-corrected chi connectivity index (χ0v) is 14.7. The predicted octanol–water partition coefficient (Wildman–Crippen LogP) is 3.99. The van der Waals surface area contributed by atoms with Crippen molar-refractivity contribution in [2.75, 3.05) is 11.9 Å². The van der Waals surface area contributed by atoms with Gasteiger partial charge < -0.3 is 10.6 Å². The molecule has 2 rings (SSSR count). The fraction of sp³-hybridized carbons (Fsp3) is 0.222. The highest BCUT2D eigenvalue weighted by Crippen LogP contribution is 2.21. The Bertz CT molecular complexity index is 748. The van der Waals surface area contributed by atoms with Gasteiger partial charge in [-0.3, -0.25) is 9.59 Å². The number of rotatable bonds is 6. The molecule has 6 heteroatoms. The van der Waals surface area contributed by atoms with Gasteiger partial charge in [-0.1, -0.05) is 47.5 Å². The fourth-order valence-corrected chi connectivity index (χ4v) is 2.68. The highest BCUT2D eigenvalue weighted by molar-refractivity contribution is 6.35. The average molecular weight is 365 g/mol. The van der Waals surface area contributed by atoms with Crippen LogP contribution in [-0.4, -0.2) is 18.4 Å². The van der Waals surface area contributed by atoms with Crippen molar-refractivity contribution in [3.8, 4) is 0 Å². The number of benzene rings is 2. The Labute approximate surface area is 151 Å². The average Bonchev–Trinajstić information content (AvgIpc) is 2.51. The number of para-hydroxylation sites is 1. The van der Waals surface area contributed by atoms with Crippen LogP contribution in [0, 0.1) is 6.92 Å². The fourth-order valence-electron chi connectivity index (χ4n) is 2.18. The van der Waals surface area contributed by atoms with E-state index in [4.69, 9.17) is 23.2 Å². The van der Waals surface area contributed by atoms with Crippen LogP contribution in [0.2, 0.25) is 10.0 Å². The zero-order valence-electron chi connectivity index (χ0n) is 13.2. The van der Waals surface area contributed by atoms with Gasteiger partial charge in [-0.05, 0) is 42.7 Å². The third-order valence-corrected chi connectivity index (χ3v) is 4.06. The van der Waals surface area contributed by atoms with Gasteiger partial charge in [0, 0.05) is 22.3 Å². The minimum Gasteiger partial charge on any atom is -0.355 e. The number of carbonyl (C=O) groups is 2. The zero-order chi connectivity index (χ0) is 17.5. The summed E-state index contributed by atoms with van der Waals surface area (Å²) < 4.78 is 0. The number of hydrogen-bond donors (Lipinski definition) is 2. The lowest BCUT2D eigenvalue weighted by atomic mass is 10.1. The van der Waals surface area contributed by atoms with Crippen molar-refractivity contribution in [1.82, 2.24) is 5.32 Å². The second-order valence-electron chi connectivity index (χ2n) is 5.38. The molecule has 0 bridgehead atoms. The first-order chi connectivity index (χ1) is 11.5. The molecule has 4 nitrogen and oxygen atoms in total. The number of carbonyl (C=O) groups excluding carboxylic acids is 2. The van der Waals surface area contributed by atoms with Crippen molar-refractivity contribution in [1.29, 1.82) is 0 Å². The van der Waals surface area contributed by atoms with Crippen LogP contribution in [0.25, 0.3) is 0 Å². The maximum atomic E-state index is 11.9. The number of amides is 2. The number of hydrogen-bond acceptors (Lipinski definition) is 2. The maximum Gasteiger partial charge on any atom is 0.233 e. The van der Waals surface area contributed by atoms with Gasteiger partial charge in [-0.2, -0.15) is 0 Å². The van der Waals surface area contributed by atoms with E-state index in [1.54, 1.807) is 18.2 Å². The summed E-state index contributed by atoms with van der Waals surface area (Å²) in [4.78, 5) is 23.7. The van der Waals surface area contributed by atoms with Crippen LogP contribution >= 0.6 is 23.2 Å². The highest BCUT2D eigenvalue weighted by atomic mass is 35.5. The molecule has 2 N–H and O–H groups in total. The Hall–Kier alpha value is -2.04. The maximum absolute atomic E-state index is 11.9. The van der Waals surface area contributed by atoms with Gasteiger partial charge in [0.25, 0.3) is 0 Å². The molecule has 0 aliphatic rings. The third kappa shape index (κ3) is 5.55. The number of aryl methyl sites for hydroxylation is 1. The van der Waals surface area contributed by atoms with Crippen LogP contribution in [0.1, 0.15) is 17.5 Å². The lowest BCUT2D eigenvalue weighted by Gasteiger charge is -2.09. The molecule has 0 aliphatic carbocycles. The van der Waals surface area contributed by atoms with E-state index in [0.717, 1.165) is 11.1 Å². The molecule has 2 aromatic rings. The number of nitrogens with one attached hydrogen (secondary N) is 2. The van der Waals surface area contributed by atoms with Crippen molar-refractivity contribution in [2.45, 2.75) is 19.8 Å². The van der Waals surface area contributed by atoms with E-state index in [1.165, 1.54) is 0 Å². The Morgan fingerprint density at radius 1 is 1.04 bits per heavy atom. The third-order valence-electron chi connectivity index (χ3n) is 3.47. The molecule has 0 aromatic heterocycles. The summed E-state index contributed by atoms with van der Waals surface area (Å²) in [7, 11) is 0. The van der Waals surface area contributed by atoms with Crippen LogP contribution in [0.3, 0.4) is 0 Å². The van der Waals surface area contributed by atoms with E-state index < -0.39 is 0 Å². The smallest absolute Gasteiger partial charge is 0.233 e. The highest BCUT2D eigenvalue weighted by Gasteiger charge is 2.10. The van der Waals surface area contributed by atoms with E-state index in [1.807, 2.05) is 31.2 Å². The van der Waals surface area contributed by atoms with Crippen LogP contribution in [0.5, 0.6) is 0 Å². The summed E-state index contributed by atoms with van der Waals surface area (Å²) in [6.45, 7) is 2.30. The monoisotopic (exact) mass is 364 g/mol. The molecule has 0 heterocycles. The van der Waals surface area contributed by atoms with E-state index in [2.05, 4.69) is 10.6 Å². The topological polar surface area (TPSA) is 58.2 Å². The van der Waals surface area contributed by atoms with Gasteiger partial charge in [0.15, 0.2) is 0 Å². The van der Waals surface area contributed by atoms with E-state index in [9.17, 15) is 9.59 Å². The van der Waals surface area contributed by atoms with E-state index in [-0.39, 0.29) is 18.2 Å². The summed E-state index contributed by atoms with van der Waals surface area (Å²) in [5, 5.41) is 6.58. The summed E-state index contributed by atoms with van der Waals surface area (Å²) in [5.41, 5.74) is 2.55. The number of halogens is 2. The van der Waals surface area contributed by atoms with Gasteiger partial charge in [0.2, 0.25) is 11.8 Å². The van der Waals surface area contributed by atoms with Crippen molar-refractivity contribution in [3.63, 3.8) is 0 Å². The van der Waals surface area contributed by atoms with Crippen molar-refractivity contribution in [2.24, 2.45) is 0 Å². The summed E-state index contributed by atoms with van der Waals surface area (Å²) in [5.74, 6) is -0.669. The quantitative estimate of drug-likeness (QED) is 0.761. The van der Waals surface area contributed by atoms with Gasteiger partial charge in [0.1, 0.15) is 6.42 Å².